The second-order valence-corrected chi connectivity index (χ2v) is 9.85. The fourth-order valence-electron chi connectivity index (χ4n) is 3.47. The van der Waals surface area contributed by atoms with Crippen molar-refractivity contribution in [2.75, 3.05) is 0 Å². The van der Waals surface area contributed by atoms with Gasteiger partial charge >= 0.3 is 6.09 Å². The van der Waals surface area contributed by atoms with E-state index < -0.39 is 42.0 Å². The number of alkyl carbamates (subject to hydrolysis) is 1. The molecule has 0 bridgehead atoms. The Balaban J connectivity index is 3.53. The van der Waals surface area contributed by atoms with E-state index in [2.05, 4.69) is 10.6 Å². The number of nitrogens with one attached hydrogen (secondary N) is 2. The largest absolute Gasteiger partial charge is 0.444 e. The van der Waals surface area contributed by atoms with E-state index in [0.717, 1.165) is 5.56 Å². The summed E-state index contributed by atoms with van der Waals surface area (Å²) in [7, 11) is 0. The first-order chi connectivity index (χ1) is 15.7. The van der Waals surface area contributed by atoms with E-state index in [1.54, 1.807) is 26.8 Å². The van der Waals surface area contributed by atoms with Crippen LogP contribution in [0.3, 0.4) is 0 Å². The molecule has 0 saturated heterocycles. The number of amides is 4. The quantitative estimate of drug-likeness (QED) is 0.478. The Bertz CT molecular complexity index is 878. The monoisotopic (exact) mass is 476 g/mol. The molecule has 0 aromatic heterocycles. The molecule has 0 aliphatic rings. The molecular formula is C25H40N4O5. The summed E-state index contributed by atoms with van der Waals surface area (Å²) in [5.41, 5.74) is 6.15. The smallest absolute Gasteiger partial charge is 0.408 e. The van der Waals surface area contributed by atoms with Gasteiger partial charge in [-0.15, -0.1) is 0 Å². The van der Waals surface area contributed by atoms with Gasteiger partial charge < -0.3 is 26.0 Å². The molecule has 3 unspecified atom stereocenters. The lowest BCUT2D eigenvalue weighted by Crippen LogP contribution is -2.56. The molecule has 9 heteroatoms. The minimum absolute atomic E-state index is 0.157. The van der Waals surface area contributed by atoms with Gasteiger partial charge in [0.25, 0.3) is 0 Å². The van der Waals surface area contributed by atoms with E-state index in [9.17, 15) is 19.2 Å². The van der Waals surface area contributed by atoms with Gasteiger partial charge in [0.05, 0.1) is 6.42 Å². The molecule has 1 aromatic carbocycles. The molecule has 0 spiro atoms. The van der Waals surface area contributed by atoms with Crippen LogP contribution in [0.25, 0.3) is 0 Å². The molecule has 4 N–H and O–H groups in total. The van der Waals surface area contributed by atoms with E-state index in [-0.39, 0.29) is 18.0 Å². The van der Waals surface area contributed by atoms with Crippen molar-refractivity contribution in [2.24, 2.45) is 5.73 Å². The summed E-state index contributed by atoms with van der Waals surface area (Å²) >= 11 is 0. The van der Waals surface area contributed by atoms with Gasteiger partial charge in [0.1, 0.15) is 17.7 Å². The van der Waals surface area contributed by atoms with E-state index in [0.29, 0.717) is 12.0 Å². The zero-order valence-corrected chi connectivity index (χ0v) is 21.6. The highest BCUT2D eigenvalue weighted by Crippen LogP contribution is 2.27. The Morgan fingerprint density at radius 2 is 1.71 bits per heavy atom. The molecule has 4 amide bonds. The number of carbonyl (C=O) groups excluding carboxylic acids is 4. The lowest BCUT2D eigenvalue weighted by molar-refractivity contribution is -0.146. The van der Waals surface area contributed by atoms with Gasteiger partial charge in [-0.3, -0.25) is 14.4 Å². The maximum atomic E-state index is 13.8. The van der Waals surface area contributed by atoms with E-state index in [4.69, 9.17) is 10.5 Å². The molecule has 0 saturated carbocycles. The Hall–Kier alpha value is -3.10. The maximum Gasteiger partial charge on any atom is 0.408 e. The van der Waals surface area contributed by atoms with Crippen LogP contribution in [0.15, 0.2) is 24.3 Å². The lowest BCUT2D eigenvalue weighted by Gasteiger charge is -2.38. The molecule has 190 valence electrons. The standard InChI is InChI=1S/C25H40N4O5/c1-9-17(5)29(21(22(31)27-15(2)3)18-12-10-11-16(4)13-18)23(32)19(14-20(26)30)28-24(33)34-25(6,7)8/h10-13,15,17,19,21H,9,14H2,1-8H3,(H2,26,30)(H,27,31)(H,28,33). The predicted octanol–water partition coefficient (Wildman–Crippen LogP) is 2.96. The topological polar surface area (TPSA) is 131 Å². The highest BCUT2D eigenvalue weighted by molar-refractivity contribution is 5.94. The summed E-state index contributed by atoms with van der Waals surface area (Å²) < 4.78 is 5.28. The SMILES string of the molecule is CCC(C)N(C(=O)C(CC(N)=O)NC(=O)OC(C)(C)C)C(C(=O)NC(C)C)c1cccc(C)c1. The first-order valence-corrected chi connectivity index (χ1v) is 11.6. The highest BCUT2D eigenvalue weighted by Gasteiger charge is 2.39. The van der Waals surface area contributed by atoms with Crippen molar-refractivity contribution in [2.45, 2.75) is 98.0 Å². The molecule has 0 radical (unpaired) electrons. The van der Waals surface area contributed by atoms with Gasteiger partial charge in [-0.2, -0.15) is 0 Å². The summed E-state index contributed by atoms with van der Waals surface area (Å²) in [6, 6.07) is 4.54. The fraction of sp³-hybridized carbons (Fsp3) is 0.600. The third-order valence-corrected chi connectivity index (χ3v) is 5.03. The van der Waals surface area contributed by atoms with Crippen molar-refractivity contribution in [1.82, 2.24) is 15.5 Å². The Morgan fingerprint density at radius 1 is 1.09 bits per heavy atom. The first kappa shape index (κ1) is 28.9. The van der Waals surface area contributed by atoms with Crippen LogP contribution in [-0.2, 0) is 19.1 Å². The zero-order chi connectivity index (χ0) is 26.2. The number of aryl methyl sites for hydroxylation is 1. The normalized spacial score (nSPS) is 14.0. The molecule has 9 nitrogen and oxygen atoms in total. The van der Waals surface area contributed by atoms with Gasteiger partial charge in [-0.05, 0) is 60.5 Å². The van der Waals surface area contributed by atoms with Gasteiger partial charge in [0.15, 0.2) is 0 Å². The van der Waals surface area contributed by atoms with Crippen molar-refractivity contribution in [3.05, 3.63) is 35.4 Å². The fourth-order valence-corrected chi connectivity index (χ4v) is 3.47. The van der Waals surface area contributed by atoms with Crippen molar-refractivity contribution in [1.29, 1.82) is 0 Å². The Morgan fingerprint density at radius 3 is 2.18 bits per heavy atom. The van der Waals surface area contributed by atoms with Crippen molar-refractivity contribution in [3.63, 3.8) is 0 Å². The molecule has 34 heavy (non-hydrogen) atoms. The number of ether oxygens (including phenoxy) is 1. The minimum atomic E-state index is -1.29. The van der Waals surface area contributed by atoms with Gasteiger partial charge in [-0.25, -0.2) is 4.79 Å². The second kappa shape index (κ2) is 12.4. The van der Waals surface area contributed by atoms with E-state index >= 15 is 0 Å². The lowest BCUT2D eigenvalue weighted by atomic mass is 9.98. The summed E-state index contributed by atoms with van der Waals surface area (Å²) in [5, 5.41) is 5.37. The van der Waals surface area contributed by atoms with Crippen molar-refractivity contribution < 1.29 is 23.9 Å². The number of benzene rings is 1. The van der Waals surface area contributed by atoms with E-state index in [1.807, 2.05) is 52.8 Å². The average Bonchev–Trinajstić information content (AvgIpc) is 2.67. The zero-order valence-electron chi connectivity index (χ0n) is 21.6. The molecule has 0 heterocycles. The third kappa shape index (κ3) is 9.03. The number of nitrogens with zero attached hydrogens (tertiary/aromatic N) is 1. The molecule has 0 fully saturated rings. The number of primary amides is 1. The average molecular weight is 477 g/mol. The summed E-state index contributed by atoms with van der Waals surface area (Å²) in [6.45, 7) is 14.3. The van der Waals surface area contributed by atoms with Gasteiger partial charge in [-0.1, -0.05) is 36.8 Å². The van der Waals surface area contributed by atoms with Crippen LogP contribution >= 0.6 is 0 Å². The number of carbonyl (C=O) groups is 4. The van der Waals surface area contributed by atoms with Crippen LogP contribution in [-0.4, -0.2) is 52.4 Å². The first-order valence-electron chi connectivity index (χ1n) is 11.6. The van der Waals surface area contributed by atoms with Gasteiger partial charge in [0, 0.05) is 12.1 Å². The second-order valence-electron chi connectivity index (χ2n) is 9.85. The molecule has 0 aliphatic heterocycles. The number of rotatable bonds is 10. The summed E-state index contributed by atoms with van der Waals surface area (Å²) in [6.07, 6.45) is -0.745. The summed E-state index contributed by atoms with van der Waals surface area (Å²) in [5.74, 6) is -1.72. The third-order valence-electron chi connectivity index (χ3n) is 5.03. The number of nitrogens with two attached hydrogens (primary N) is 1. The minimum Gasteiger partial charge on any atom is -0.444 e. The predicted molar refractivity (Wildman–Crippen MR) is 131 cm³/mol. The molecule has 3 atom stereocenters. The Kier molecular flexibility index (Phi) is 10.5. The van der Waals surface area contributed by atoms with Crippen LogP contribution < -0.4 is 16.4 Å². The van der Waals surface area contributed by atoms with Crippen molar-refractivity contribution in [3.8, 4) is 0 Å². The molecular weight excluding hydrogens is 436 g/mol. The van der Waals surface area contributed by atoms with E-state index in [1.165, 1.54) is 4.90 Å². The molecule has 1 aromatic rings. The van der Waals surface area contributed by atoms with Crippen molar-refractivity contribution >= 4 is 23.8 Å². The van der Waals surface area contributed by atoms with Crippen LogP contribution in [0, 0.1) is 6.92 Å². The van der Waals surface area contributed by atoms with Gasteiger partial charge in [0.2, 0.25) is 17.7 Å². The van der Waals surface area contributed by atoms with Crippen LogP contribution in [0.1, 0.15) is 78.5 Å². The van der Waals surface area contributed by atoms with Crippen LogP contribution in [0.5, 0.6) is 0 Å². The molecule has 1 rings (SSSR count). The Labute approximate surface area is 202 Å². The highest BCUT2D eigenvalue weighted by atomic mass is 16.6. The summed E-state index contributed by atoms with van der Waals surface area (Å²) in [4.78, 5) is 52.9. The number of hydrogen-bond donors (Lipinski definition) is 3. The van der Waals surface area contributed by atoms with Crippen LogP contribution in [0.4, 0.5) is 4.79 Å². The van der Waals surface area contributed by atoms with Crippen LogP contribution in [0.2, 0.25) is 0 Å². The maximum absolute atomic E-state index is 13.8. The molecule has 0 aliphatic carbocycles. The number of hydrogen-bond acceptors (Lipinski definition) is 5.